The minimum absolute atomic E-state index is 0.271. The zero-order valence-electron chi connectivity index (χ0n) is 21.5. The Hall–Kier alpha value is -4.50. The molecule has 8 nitrogen and oxygen atoms in total. The predicted molar refractivity (Wildman–Crippen MR) is 150 cm³/mol. The highest BCUT2D eigenvalue weighted by atomic mass is 32.1. The number of aromatic nitrogens is 1. The molecule has 0 saturated carbocycles. The van der Waals surface area contributed by atoms with E-state index < -0.39 is 24.4 Å². The lowest BCUT2D eigenvalue weighted by Gasteiger charge is -2.26. The lowest BCUT2D eigenvalue weighted by atomic mass is 9.80. The highest BCUT2D eigenvalue weighted by Crippen LogP contribution is 2.38. The highest BCUT2D eigenvalue weighted by molar-refractivity contribution is 7.12. The molecule has 0 fully saturated rings. The second-order valence-electron chi connectivity index (χ2n) is 9.34. The van der Waals surface area contributed by atoms with Gasteiger partial charge in [0.1, 0.15) is 5.75 Å². The van der Waals surface area contributed by atoms with E-state index in [0.29, 0.717) is 27.8 Å². The molecule has 2 amide bonds. The first kappa shape index (κ1) is 26.1. The summed E-state index contributed by atoms with van der Waals surface area (Å²) in [4.78, 5) is 43.2. The number of carbonyl (C=O) groups excluding carboxylic acids is 3. The molecular formula is C30H27N3O5S. The molecule has 2 N–H and O–H groups in total. The number of methoxy groups -OCH3 is 1. The van der Waals surface area contributed by atoms with E-state index in [1.807, 2.05) is 48.5 Å². The molecule has 1 atom stereocenters. The van der Waals surface area contributed by atoms with Crippen molar-refractivity contribution in [3.8, 4) is 5.75 Å². The van der Waals surface area contributed by atoms with Crippen molar-refractivity contribution in [2.75, 3.05) is 13.7 Å². The number of fused-ring (bicyclic) bond motifs is 2. The fourth-order valence-electron chi connectivity index (χ4n) is 4.71. The van der Waals surface area contributed by atoms with Crippen LogP contribution in [-0.2, 0) is 16.0 Å². The fourth-order valence-corrected chi connectivity index (χ4v) is 5.32. The number of ether oxygens (including phenoxy) is 2. The molecule has 2 aromatic heterocycles. The molecule has 1 unspecified atom stereocenters. The Balaban J connectivity index is 1.41. The summed E-state index contributed by atoms with van der Waals surface area (Å²) in [7, 11) is 1.63. The summed E-state index contributed by atoms with van der Waals surface area (Å²) in [6, 6.07) is 18.6. The average Bonchev–Trinajstić information content (AvgIpc) is 3.49. The van der Waals surface area contributed by atoms with E-state index in [1.165, 1.54) is 11.3 Å². The quantitative estimate of drug-likeness (QED) is 0.262. The maximum absolute atomic E-state index is 13.5. The SMILES string of the molecule is COc1ccc(/C=C2/CC(C)Cc3c2nc2ccccc2c3C(=O)OCC(=O)NNC(=O)c2cccs2)cc1. The molecule has 1 aliphatic carbocycles. The molecule has 0 spiro atoms. The van der Waals surface area contributed by atoms with E-state index >= 15 is 0 Å². The van der Waals surface area contributed by atoms with E-state index in [2.05, 4.69) is 23.9 Å². The van der Waals surface area contributed by atoms with Crippen molar-refractivity contribution >= 4 is 51.7 Å². The predicted octanol–water partition coefficient (Wildman–Crippen LogP) is 5.05. The first-order valence-corrected chi connectivity index (χ1v) is 13.4. The second-order valence-corrected chi connectivity index (χ2v) is 10.3. The Morgan fingerprint density at radius 3 is 2.56 bits per heavy atom. The third kappa shape index (κ3) is 5.83. The lowest BCUT2D eigenvalue weighted by Crippen LogP contribution is -2.43. The van der Waals surface area contributed by atoms with Gasteiger partial charge < -0.3 is 9.47 Å². The number of rotatable bonds is 6. The number of esters is 1. The zero-order chi connectivity index (χ0) is 27.4. The van der Waals surface area contributed by atoms with Gasteiger partial charge in [-0.3, -0.25) is 20.4 Å². The molecule has 5 rings (SSSR count). The first-order chi connectivity index (χ1) is 18.9. The van der Waals surface area contributed by atoms with Gasteiger partial charge in [-0.2, -0.15) is 0 Å². The van der Waals surface area contributed by atoms with Gasteiger partial charge in [0.05, 0.1) is 28.8 Å². The summed E-state index contributed by atoms with van der Waals surface area (Å²) in [6.07, 6.45) is 3.56. The van der Waals surface area contributed by atoms with Crippen molar-refractivity contribution in [3.63, 3.8) is 0 Å². The van der Waals surface area contributed by atoms with Crippen LogP contribution in [0.5, 0.6) is 5.75 Å². The molecule has 2 aromatic carbocycles. The maximum Gasteiger partial charge on any atom is 0.339 e. The van der Waals surface area contributed by atoms with E-state index in [4.69, 9.17) is 14.5 Å². The molecule has 39 heavy (non-hydrogen) atoms. The molecule has 0 radical (unpaired) electrons. The largest absolute Gasteiger partial charge is 0.497 e. The standard InChI is InChI=1S/C30H27N3O5S/c1-18-14-20(16-19-9-11-21(37-2)12-10-19)28-23(15-18)27(22-6-3-4-7-24(22)31-28)30(36)38-17-26(34)32-33-29(35)25-8-5-13-39-25/h3-13,16,18H,14-15,17H2,1-2H3,(H,32,34)(H,33,35)/b20-16-. The number of pyridine rings is 1. The van der Waals surface area contributed by atoms with Gasteiger partial charge in [0.25, 0.3) is 11.8 Å². The fraction of sp³-hybridized carbons (Fsp3) is 0.200. The van der Waals surface area contributed by atoms with Gasteiger partial charge >= 0.3 is 5.97 Å². The van der Waals surface area contributed by atoms with E-state index in [9.17, 15) is 14.4 Å². The smallest absolute Gasteiger partial charge is 0.339 e. The molecule has 0 saturated heterocycles. The Morgan fingerprint density at radius 2 is 1.82 bits per heavy atom. The Morgan fingerprint density at radius 1 is 1.03 bits per heavy atom. The number of allylic oxidation sites excluding steroid dienone is 1. The van der Waals surface area contributed by atoms with Gasteiger partial charge in [-0.25, -0.2) is 9.78 Å². The van der Waals surface area contributed by atoms with Gasteiger partial charge in [0.2, 0.25) is 0 Å². The summed E-state index contributed by atoms with van der Waals surface area (Å²) in [5, 5.41) is 2.43. The van der Waals surface area contributed by atoms with Gasteiger partial charge in [0.15, 0.2) is 6.61 Å². The van der Waals surface area contributed by atoms with Crippen LogP contribution in [0.2, 0.25) is 0 Å². The third-order valence-corrected chi connectivity index (χ3v) is 7.34. The lowest BCUT2D eigenvalue weighted by molar-refractivity contribution is -0.125. The molecule has 4 aromatic rings. The summed E-state index contributed by atoms with van der Waals surface area (Å²) < 4.78 is 10.7. The van der Waals surface area contributed by atoms with Gasteiger partial charge in [0, 0.05) is 5.39 Å². The number of thiophene rings is 1. The molecule has 2 heterocycles. The number of para-hydroxylation sites is 1. The van der Waals surface area contributed by atoms with Crippen LogP contribution in [-0.4, -0.2) is 36.5 Å². The molecule has 9 heteroatoms. The molecule has 1 aliphatic rings. The number of hydrogen-bond donors (Lipinski definition) is 2. The van der Waals surface area contributed by atoms with E-state index in [1.54, 1.807) is 24.6 Å². The minimum Gasteiger partial charge on any atom is -0.497 e. The molecule has 0 bridgehead atoms. The van der Waals surface area contributed by atoms with Crippen LogP contribution in [0.25, 0.3) is 22.6 Å². The Labute approximate surface area is 229 Å². The third-order valence-electron chi connectivity index (χ3n) is 6.47. The summed E-state index contributed by atoms with van der Waals surface area (Å²) >= 11 is 1.25. The number of nitrogens with one attached hydrogen (secondary N) is 2. The normalized spacial score (nSPS) is 15.4. The molecular weight excluding hydrogens is 514 g/mol. The van der Waals surface area contributed by atoms with Crippen molar-refractivity contribution in [2.24, 2.45) is 5.92 Å². The molecule has 0 aliphatic heterocycles. The van der Waals surface area contributed by atoms with Crippen LogP contribution in [0.4, 0.5) is 0 Å². The van der Waals surface area contributed by atoms with Crippen molar-refractivity contribution in [1.82, 2.24) is 15.8 Å². The topological polar surface area (TPSA) is 107 Å². The summed E-state index contributed by atoms with van der Waals surface area (Å²) in [5.41, 5.74) is 9.31. The van der Waals surface area contributed by atoms with Crippen LogP contribution in [0.1, 0.15) is 50.2 Å². The summed E-state index contributed by atoms with van der Waals surface area (Å²) in [6.45, 7) is 1.60. The van der Waals surface area contributed by atoms with Crippen molar-refractivity contribution in [1.29, 1.82) is 0 Å². The Kier molecular flexibility index (Phi) is 7.69. The maximum atomic E-state index is 13.5. The summed E-state index contributed by atoms with van der Waals surface area (Å²) in [5.74, 6) is -0.647. The van der Waals surface area contributed by atoms with Crippen molar-refractivity contribution in [2.45, 2.75) is 19.8 Å². The number of benzene rings is 2. The van der Waals surface area contributed by atoms with Gasteiger partial charge in [-0.05, 0) is 71.2 Å². The van der Waals surface area contributed by atoms with Gasteiger partial charge in [-0.1, -0.05) is 43.3 Å². The monoisotopic (exact) mass is 541 g/mol. The van der Waals surface area contributed by atoms with Crippen LogP contribution in [0.3, 0.4) is 0 Å². The highest BCUT2D eigenvalue weighted by Gasteiger charge is 2.29. The van der Waals surface area contributed by atoms with Crippen LogP contribution >= 0.6 is 11.3 Å². The van der Waals surface area contributed by atoms with Crippen LogP contribution in [0, 0.1) is 5.92 Å². The van der Waals surface area contributed by atoms with Gasteiger partial charge in [-0.15, -0.1) is 11.3 Å². The number of hydrogen-bond acceptors (Lipinski definition) is 7. The van der Waals surface area contributed by atoms with Crippen LogP contribution in [0.15, 0.2) is 66.0 Å². The number of nitrogens with zero attached hydrogens (tertiary/aromatic N) is 1. The average molecular weight is 542 g/mol. The molecule has 198 valence electrons. The second kappa shape index (κ2) is 11.5. The number of amides is 2. The zero-order valence-corrected chi connectivity index (χ0v) is 22.3. The van der Waals surface area contributed by atoms with Crippen molar-refractivity contribution < 1.29 is 23.9 Å². The number of carbonyl (C=O) groups is 3. The van der Waals surface area contributed by atoms with E-state index in [0.717, 1.165) is 34.6 Å². The Bertz CT molecular complexity index is 1560. The van der Waals surface area contributed by atoms with E-state index in [-0.39, 0.29) is 5.92 Å². The van der Waals surface area contributed by atoms with Crippen molar-refractivity contribution in [3.05, 3.63) is 93.3 Å². The minimum atomic E-state index is -0.644. The number of hydrazine groups is 1. The first-order valence-electron chi connectivity index (χ1n) is 12.5. The van der Waals surface area contributed by atoms with Crippen LogP contribution < -0.4 is 15.6 Å².